The van der Waals surface area contributed by atoms with E-state index in [1.165, 1.54) is 11.3 Å². The number of carbonyl (C=O) groups excluding carboxylic acids is 1. The van der Waals surface area contributed by atoms with Crippen molar-refractivity contribution < 1.29 is 39.4 Å². The summed E-state index contributed by atoms with van der Waals surface area (Å²) in [7, 11) is 0. The first-order chi connectivity index (χ1) is 24.8. The zero-order chi connectivity index (χ0) is 39.9. The van der Waals surface area contributed by atoms with Crippen LogP contribution in [0.15, 0.2) is 59.3 Å². The molecule has 0 unspecified atom stereocenters. The minimum Gasteiger partial charge on any atom is -0.492 e. The van der Waals surface area contributed by atoms with Crippen molar-refractivity contribution in [3.05, 3.63) is 60.4 Å². The maximum atomic E-state index is 12.6. The molecule has 0 saturated carbocycles. The van der Waals surface area contributed by atoms with Crippen molar-refractivity contribution in [1.82, 2.24) is 19.4 Å². The van der Waals surface area contributed by atoms with E-state index in [4.69, 9.17) is 29.8 Å². The van der Waals surface area contributed by atoms with E-state index >= 15 is 0 Å². The number of hydrogen-bond donors (Lipinski definition) is 2. The molecule has 0 spiro atoms. The number of anilines is 2. The van der Waals surface area contributed by atoms with Crippen LogP contribution in [0.5, 0.6) is 5.75 Å². The Bertz CT molecular complexity index is 2160. The van der Waals surface area contributed by atoms with E-state index < -0.39 is 64.0 Å². The van der Waals surface area contributed by atoms with Gasteiger partial charge in [0, 0.05) is 58.1 Å². The Hall–Kier alpha value is -3.93. The molecule has 39 heavy (non-hydrogen) atoms. The number of ether oxygens (including phenoxy) is 2. The Labute approximate surface area is 250 Å². The Morgan fingerprint density at radius 1 is 1.21 bits per heavy atom. The van der Waals surface area contributed by atoms with Crippen LogP contribution in [0.25, 0.3) is 26.4 Å². The molecule has 202 valence electrons. The molecule has 0 aliphatic carbocycles. The fourth-order valence-electron chi connectivity index (χ4n) is 3.74. The van der Waals surface area contributed by atoms with Crippen molar-refractivity contribution >= 4 is 44.1 Å². The topological polar surface area (TPSA) is 106 Å². The average molecular weight is 562 g/mol. The molecular weight excluding hydrogens is 516 g/mol. The minimum atomic E-state index is -3.27. The van der Waals surface area contributed by atoms with Gasteiger partial charge < -0.3 is 19.3 Å². The molecule has 2 aromatic carbocycles. The van der Waals surface area contributed by atoms with Crippen molar-refractivity contribution in [3.8, 4) is 17.0 Å². The number of carbonyl (C=O) groups is 1. The van der Waals surface area contributed by atoms with Gasteiger partial charge >= 0.3 is 6.03 Å². The summed E-state index contributed by atoms with van der Waals surface area (Å²) in [5.41, 5.74) is 1.78. The molecule has 0 bridgehead atoms. The van der Waals surface area contributed by atoms with Gasteiger partial charge in [-0.2, -0.15) is 0 Å². The van der Waals surface area contributed by atoms with Crippen LogP contribution in [0.2, 0.25) is 0 Å². The monoisotopic (exact) mass is 561 g/mol. The summed E-state index contributed by atoms with van der Waals surface area (Å²) in [6.45, 7) is -19.6. The number of urea groups is 1. The van der Waals surface area contributed by atoms with Gasteiger partial charge in [0.05, 0.1) is 40.2 Å². The molecule has 1 saturated heterocycles. The number of aromatic nitrogens is 3. The molecule has 1 aliphatic rings. The number of nitrogens with zero attached hydrogens (tertiary/aromatic N) is 4. The molecule has 3 aromatic heterocycles. The number of fused-ring (bicyclic) bond motifs is 3. The van der Waals surface area contributed by atoms with Crippen molar-refractivity contribution in [2.45, 2.75) is 19.6 Å². The van der Waals surface area contributed by atoms with Crippen molar-refractivity contribution in [3.63, 3.8) is 0 Å². The quantitative estimate of drug-likeness (QED) is 0.251. The second-order valence-electron chi connectivity index (χ2n) is 8.15. The zero-order valence-corrected chi connectivity index (χ0v) is 20.8. The third kappa shape index (κ3) is 5.75. The second-order valence-corrected chi connectivity index (χ2v) is 9.16. The normalized spacial score (nSPS) is 26.1. The lowest BCUT2D eigenvalue weighted by Crippen LogP contribution is -2.38. The molecule has 10 nitrogen and oxygen atoms in total. The van der Waals surface area contributed by atoms with E-state index in [-0.39, 0.29) is 12.5 Å². The summed E-state index contributed by atoms with van der Waals surface area (Å²) in [4.78, 5) is 18.3. The highest BCUT2D eigenvalue weighted by atomic mass is 32.1. The van der Waals surface area contributed by atoms with Crippen molar-refractivity contribution in [2.75, 3.05) is 49.9 Å². The summed E-state index contributed by atoms with van der Waals surface area (Å²) >= 11 is 1.34. The largest absolute Gasteiger partial charge is 0.492 e. The van der Waals surface area contributed by atoms with Gasteiger partial charge in [0.1, 0.15) is 12.4 Å². The van der Waals surface area contributed by atoms with E-state index in [1.807, 2.05) is 4.40 Å². The highest BCUT2D eigenvalue weighted by molar-refractivity contribution is 7.23. The maximum Gasteiger partial charge on any atom is 0.326 e. The summed E-state index contributed by atoms with van der Waals surface area (Å²) < 4.78 is 135. The van der Waals surface area contributed by atoms with Gasteiger partial charge in [-0.1, -0.05) is 42.3 Å². The Morgan fingerprint density at radius 2 is 2.05 bits per heavy atom. The molecule has 2 N–H and O–H groups in total. The van der Waals surface area contributed by atoms with Crippen LogP contribution in [0.4, 0.5) is 16.4 Å². The minimum absolute atomic E-state index is 0.289. The molecular formula is C28H30N6O4S. The summed E-state index contributed by atoms with van der Waals surface area (Å²) in [5, 5.41) is 8.26. The fraction of sp³-hybridized carbons (Fsp3) is 0.321. The van der Waals surface area contributed by atoms with E-state index in [0.717, 1.165) is 16.3 Å². The predicted octanol–water partition coefficient (Wildman–Crippen LogP) is 5.68. The van der Waals surface area contributed by atoms with Crippen LogP contribution in [0.1, 0.15) is 45.9 Å². The van der Waals surface area contributed by atoms with Crippen LogP contribution in [0, 0.1) is 0 Å². The average Bonchev–Trinajstić information content (AvgIpc) is 3.75. The highest BCUT2D eigenvalue weighted by Gasteiger charge is 2.14. The lowest BCUT2D eigenvalue weighted by molar-refractivity contribution is 0.0322. The summed E-state index contributed by atoms with van der Waals surface area (Å²) in [6.07, 6.45) is 1.81. The summed E-state index contributed by atoms with van der Waals surface area (Å²) in [5.74, 6) is -3.09. The number of morpholine rings is 1. The number of thiazole rings is 1. The van der Waals surface area contributed by atoms with Crippen molar-refractivity contribution in [1.29, 1.82) is 0 Å². The number of nitrogens with one attached hydrogen (secondary N) is 2. The number of benzene rings is 2. The van der Waals surface area contributed by atoms with E-state index in [9.17, 15) is 4.79 Å². The maximum absolute atomic E-state index is 12.6. The molecule has 0 radical (unpaired) electrons. The molecule has 4 heterocycles. The number of rotatable bonds is 8. The second kappa shape index (κ2) is 11.0. The van der Waals surface area contributed by atoms with Crippen molar-refractivity contribution in [2.24, 2.45) is 0 Å². The first kappa shape index (κ1) is 13.4. The lowest BCUT2D eigenvalue weighted by Gasteiger charge is -2.26. The van der Waals surface area contributed by atoms with Gasteiger partial charge in [0.25, 0.3) is 0 Å². The van der Waals surface area contributed by atoms with Gasteiger partial charge in [-0.25, -0.2) is 9.78 Å². The molecule has 1 aliphatic heterocycles. The number of hydrogen-bond acceptors (Lipinski definition) is 8. The molecule has 0 atom stereocenters. The summed E-state index contributed by atoms with van der Waals surface area (Å²) in [6, 6.07) is 11.8. The van der Waals surface area contributed by atoms with Gasteiger partial charge in [-0.3, -0.25) is 14.6 Å². The lowest BCUT2D eigenvalue weighted by atomic mass is 10.1. The SMILES string of the molecule is [2H]C([2H])([2H])C([2H])(c1cc(NC(=O)Nc2ccc(-c3cn4c(n3)sc3cc(OCCN5C([2H])([2H])C([2H])([2H])OC([2H])([2H])C5([2H])[2H])ccc34)cc2)on1)C([2H])([2H])[2H]. The van der Waals surface area contributed by atoms with Gasteiger partial charge in [0.15, 0.2) is 4.96 Å². The van der Waals surface area contributed by atoms with Crippen LogP contribution in [-0.4, -0.2) is 64.7 Å². The van der Waals surface area contributed by atoms with E-state index in [1.54, 1.807) is 48.7 Å². The molecule has 1 fully saturated rings. The van der Waals surface area contributed by atoms with Crippen LogP contribution >= 0.6 is 11.3 Å². The van der Waals surface area contributed by atoms with Crippen LogP contribution in [0.3, 0.4) is 0 Å². The first-order valence-electron chi connectivity index (χ1n) is 19.0. The molecule has 5 aromatic rings. The first-order valence-corrected chi connectivity index (χ1v) is 12.3. The number of amides is 2. The van der Waals surface area contributed by atoms with E-state index in [2.05, 4.69) is 25.5 Å². The van der Waals surface area contributed by atoms with Gasteiger partial charge in [-0.15, -0.1) is 0 Å². The van der Waals surface area contributed by atoms with E-state index in [0.29, 0.717) is 32.6 Å². The highest BCUT2D eigenvalue weighted by Crippen LogP contribution is 2.32. The predicted molar refractivity (Wildman–Crippen MR) is 152 cm³/mol. The Morgan fingerprint density at radius 3 is 2.87 bits per heavy atom. The smallest absolute Gasteiger partial charge is 0.326 e. The van der Waals surface area contributed by atoms with Crippen LogP contribution < -0.4 is 15.4 Å². The molecule has 2 amide bonds. The standard InChI is InChI=1S/C28H30N6O4S/c1-18(2)22-16-26(38-32-22)31-27(35)29-20-5-3-19(4-6-20)23-17-34-24-8-7-21(15-25(24)39-28(34)30-23)37-14-11-33-9-12-36-13-10-33/h3-8,15-18H,9-14H2,1-2H3,(H2,29,31,35)/i1D3,2D3,9D2,10D2,12D2,13D2,18D. The molecule has 6 rings (SSSR count). The third-order valence-corrected chi connectivity index (χ3v) is 6.57. The fourth-order valence-corrected chi connectivity index (χ4v) is 4.77. The molecule has 11 heteroatoms. The Balaban J connectivity index is 1.09. The van der Waals surface area contributed by atoms with Crippen LogP contribution in [-0.2, 0) is 4.74 Å². The van der Waals surface area contributed by atoms with Gasteiger partial charge in [0.2, 0.25) is 5.88 Å². The third-order valence-electron chi connectivity index (χ3n) is 5.55. The van der Waals surface area contributed by atoms with Gasteiger partial charge in [-0.05, 0) is 36.2 Å². The Kier molecular flexibility index (Phi) is 3.80. The zero-order valence-electron chi connectivity index (χ0n) is 34.9. The number of imidazole rings is 1.